The van der Waals surface area contributed by atoms with Crippen molar-refractivity contribution in [1.29, 1.82) is 0 Å². The molecule has 0 rings (SSSR count). The van der Waals surface area contributed by atoms with Gasteiger partial charge in [-0.25, -0.2) is 0 Å². The molecular weight excluding hydrogens is 284 g/mol. The molecule has 0 saturated carbocycles. The fraction of sp³-hybridized carbons (Fsp3) is 0.944. The summed E-state index contributed by atoms with van der Waals surface area (Å²) >= 11 is 5.52. The average molecular weight is 319 g/mol. The minimum atomic E-state index is -0.0628. The van der Waals surface area contributed by atoms with E-state index in [-0.39, 0.29) is 5.97 Å². The number of carbonyl (C=O) groups excluding carboxylic acids is 1. The van der Waals surface area contributed by atoms with Crippen LogP contribution in [0, 0.1) is 0 Å². The molecule has 0 heterocycles. The highest BCUT2D eigenvalue weighted by atomic mass is 35.5. The summed E-state index contributed by atoms with van der Waals surface area (Å²) in [6, 6.07) is 0. The first-order valence-electron chi connectivity index (χ1n) is 9.02. The summed E-state index contributed by atoms with van der Waals surface area (Å²) in [6.07, 6.45) is 17.1. The molecule has 0 aliphatic carbocycles. The van der Waals surface area contributed by atoms with Gasteiger partial charge in [-0.15, -0.1) is 11.6 Å². The van der Waals surface area contributed by atoms with Gasteiger partial charge in [-0.05, 0) is 12.8 Å². The summed E-state index contributed by atoms with van der Waals surface area (Å²) in [5.74, 6) is 0.499. The van der Waals surface area contributed by atoms with Crippen LogP contribution in [-0.4, -0.2) is 18.5 Å². The first-order valence-corrected chi connectivity index (χ1v) is 9.56. The summed E-state index contributed by atoms with van der Waals surface area (Å²) in [5.41, 5.74) is 0. The molecule has 0 unspecified atom stereocenters. The molecular formula is C18H35ClO2. The van der Waals surface area contributed by atoms with E-state index in [1.54, 1.807) is 0 Å². The molecule has 0 saturated heterocycles. The van der Waals surface area contributed by atoms with Gasteiger partial charge >= 0.3 is 5.97 Å². The molecule has 0 aliphatic rings. The molecule has 0 aromatic carbocycles. The van der Waals surface area contributed by atoms with Crippen molar-refractivity contribution >= 4 is 17.6 Å². The number of hydrogen-bond acceptors (Lipinski definition) is 2. The molecule has 0 N–H and O–H groups in total. The van der Waals surface area contributed by atoms with Crippen molar-refractivity contribution < 1.29 is 9.53 Å². The molecule has 0 bridgehead atoms. The fourth-order valence-electron chi connectivity index (χ4n) is 2.42. The van der Waals surface area contributed by atoms with Crippen LogP contribution in [0.3, 0.4) is 0 Å². The second kappa shape index (κ2) is 17.8. The van der Waals surface area contributed by atoms with Crippen LogP contribution in [0.15, 0.2) is 0 Å². The summed E-state index contributed by atoms with van der Waals surface area (Å²) < 4.78 is 5.06. The lowest BCUT2D eigenvalue weighted by molar-refractivity contribution is -0.143. The Hall–Kier alpha value is -0.240. The van der Waals surface area contributed by atoms with E-state index in [2.05, 4.69) is 6.92 Å². The summed E-state index contributed by atoms with van der Waals surface area (Å²) in [7, 11) is 0. The molecule has 0 aromatic rings. The molecule has 0 fully saturated rings. The van der Waals surface area contributed by atoms with Crippen molar-refractivity contribution in [2.75, 3.05) is 12.5 Å². The summed E-state index contributed by atoms with van der Waals surface area (Å²) in [4.78, 5) is 11.3. The molecule has 0 aromatic heterocycles. The van der Waals surface area contributed by atoms with Crippen molar-refractivity contribution in [2.45, 2.75) is 96.8 Å². The third kappa shape index (κ3) is 17.7. The molecule has 2 nitrogen and oxygen atoms in total. The van der Waals surface area contributed by atoms with Crippen molar-refractivity contribution in [3.05, 3.63) is 0 Å². The Labute approximate surface area is 137 Å². The molecule has 0 radical (unpaired) electrons. The van der Waals surface area contributed by atoms with Gasteiger partial charge in [0.25, 0.3) is 0 Å². The standard InChI is InChI=1S/C18H35ClO2/c1-2-3-4-5-6-7-8-9-10-11-12-13-15-18(20)21-17-14-16-19/h2-17H2,1H3. The first-order chi connectivity index (χ1) is 10.3. The van der Waals surface area contributed by atoms with Gasteiger partial charge in [-0.2, -0.15) is 0 Å². The Kier molecular flexibility index (Phi) is 17.6. The van der Waals surface area contributed by atoms with E-state index < -0.39 is 0 Å². The molecule has 0 spiro atoms. The van der Waals surface area contributed by atoms with Gasteiger partial charge in [0.2, 0.25) is 0 Å². The summed E-state index contributed by atoms with van der Waals surface area (Å²) in [6.45, 7) is 2.74. The van der Waals surface area contributed by atoms with E-state index >= 15 is 0 Å². The van der Waals surface area contributed by atoms with E-state index in [1.807, 2.05) is 0 Å². The zero-order valence-corrected chi connectivity index (χ0v) is 14.8. The van der Waals surface area contributed by atoms with Crippen molar-refractivity contribution in [1.82, 2.24) is 0 Å². The Balaban J connectivity index is 3.06. The van der Waals surface area contributed by atoms with Crippen LogP contribution in [0.1, 0.15) is 96.8 Å². The molecule has 0 aliphatic heterocycles. The quantitative estimate of drug-likeness (QED) is 0.191. The van der Waals surface area contributed by atoms with E-state index in [9.17, 15) is 4.79 Å². The smallest absolute Gasteiger partial charge is 0.305 e. The van der Waals surface area contributed by atoms with Gasteiger partial charge in [0.1, 0.15) is 0 Å². The van der Waals surface area contributed by atoms with Gasteiger partial charge < -0.3 is 4.74 Å². The highest BCUT2D eigenvalue weighted by Gasteiger charge is 2.01. The van der Waals surface area contributed by atoms with E-state index in [0.29, 0.717) is 18.9 Å². The lowest BCUT2D eigenvalue weighted by Crippen LogP contribution is -2.05. The topological polar surface area (TPSA) is 26.3 Å². The monoisotopic (exact) mass is 318 g/mol. The highest BCUT2D eigenvalue weighted by Crippen LogP contribution is 2.12. The average Bonchev–Trinajstić information content (AvgIpc) is 2.48. The minimum Gasteiger partial charge on any atom is -0.466 e. The normalized spacial score (nSPS) is 10.8. The Bertz CT molecular complexity index is 219. The third-order valence-electron chi connectivity index (χ3n) is 3.78. The van der Waals surface area contributed by atoms with Crippen LogP contribution in [0.5, 0.6) is 0 Å². The number of halogens is 1. The largest absolute Gasteiger partial charge is 0.466 e. The maximum absolute atomic E-state index is 11.3. The van der Waals surface area contributed by atoms with Crippen molar-refractivity contribution in [3.63, 3.8) is 0 Å². The summed E-state index contributed by atoms with van der Waals surface area (Å²) in [5, 5.41) is 0. The third-order valence-corrected chi connectivity index (χ3v) is 4.04. The van der Waals surface area contributed by atoms with Gasteiger partial charge in [0.05, 0.1) is 6.61 Å². The Morgan fingerprint density at radius 1 is 0.762 bits per heavy atom. The van der Waals surface area contributed by atoms with Crippen LogP contribution >= 0.6 is 11.6 Å². The number of carbonyl (C=O) groups is 1. The fourth-order valence-corrected chi connectivity index (χ4v) is 2.53. The van der Waals surface area contributed by atoms with E-state index in [4.69, 9.17) is 16.3 Å². The van der Waals surface area contributed by atoms with Crippen molar-refractivity contribution in [2.24, 2.45) is 0 Å². The number of rotatable bonds is 16. The van der Waals surface area contributed by atoms with Gasteiger partial charge in [-0.3, -0.25) is 4.79 Å². The van der Waals surface area contributed by atoms with Crippen LogP contribution in [0.25, 0.3) is 0 Å². The molecule has 126 valence electrons. The second-order valence-electron chi connectivity index (χ2n) is 5.90. The highest BCUT2D eigenvalue weighted by molar-refractivity contribution is 6.17. The maximum atomic E-state index is 11.3. The molecule has 0 atom stereocenters. The van der Waals surface area contributed by atoms with Gasteiger partial charge in [0.15, 0.2) is 0 Å². The Morgan fingerprint density at radius 3 is 1.71 bits per heavy atom. The van der Waals surface area contributed by atoms with Crippen molar-refractivity contribution in [3.8, 4) is 0 Å². The van der Waals surface area contributed by atoms with Crippen LogP contribution in [0.4, 0.5) is 0 Å². The maximum Gasteiger partial charge on any atom is 0.305 e. The van der Waals surface area contributed by atoms with Crippen LogP contribution in [-0.2, 0) is 9.53 Å². The lowest BCUT2D eigenvalue weighted by atomic mass is 10.0. The zero-order chi connectivity index (χ0) is 15.6. The predicted octanol–water partition coefficient (Wildman–Crippen LogP) is 6.25. The van der Waals surface area contributed by atoms with Crippen LogP contribution < -0.4 is 0 Å². The van der Waals surface area contributed by atoms with E-state index in [0.717, 1.165) is 19.3 Å². The number of esters is 1. The number of alkyl halides is 1. The number of unbranched alkanes of at least 4 members (excludes halogenated alkanes) is 11. The zero-order valence-electron chi connectivity index (χ0n) is 14.0. The Morgan fingerprint density at radius 2 is 1.24 bits per heavy atom. The van der Waals surface area contributed by atoms with Gasteiger partial charge in [-0.1, -0.05) is 77.6 Å². The first kappa shape index (κ1) is 20.8. The number of hydrogen-bond donors (Lipinski definition) is 0. The second-order valence-corrected chi connectivity index (χ2v) is 6.28. The molecule has 21 heavy (non-hydrogen) atoms. The molecule has 3 heteroatoms. The van der Waals surface area contributed by atoms with Crippen LogP contribution in [0.2, 0.25) is 0 Å². The lowest BCUT2D eigenvalue weighted by Gasteiger charge is -2.04. The van der Waals surface area contributed by atoms with E-state index in [1.165, 1.54) is 64.2 Å². The molecule has 0 amide bonds. The predicted molar refractivity (Wildman–Crippen MR) is 92.0 cm³/mol. The minimum absolute atomic E-state index is 0.0628. The number of ether oxygens (including phenoxy) is 1. The SMILES string of the molecule is CCCCCCCCCCCCCCC(=O)OCCCCl. The van der Waals surface area contributed by atoms with Gasteiger partial charge in [0, 0.05) is 12.3 Å².